The van der Waals surface area contributed by atoms with Gasteiger partial charge in [0.1, 0.15) is 23.2 Å². The number of hydrogen-bond donors (Lipinski definition) is 1. The number of thiazole rings is 1. The molecule has 0 spiro atoms. The predicted octanol–water partition coefficient (Wildman–Crippen LogP) is 3.85. The first kappa shape index (κ1) is 16.2. The van der Waals surface area contributed by atoms with Crippen molar-refractivity contribution < 1.29 is 13.6 Å². The predicted molar refractivity (Wildman–Crippen MR) is 98.2 cm³/mol. The molecule has 0 saturated carbocycles. The highest BCUT2D eigenvalue weighted by Gasteiger charge is 2.38. The molecule has 3 aromatic heterocycles. The summed E-state index contributed by atoms with van der Waals surface area (Å²) in [5, 5.41) is 2.91. The molecule has 1 aliphatic heterocycles. The van der Waals surface area contributed by atoms with Gasteiger partial charge in [0.25, 0.3) is 5.91 Å². The van der Waals surface area contributed by atoms with Crippen LogP contribution < -0.4 is 0 Å². The van der Waals surface area contributed by atoms with Crippen LogP contribution in [-0.2, 0) is 6.42 Å². The lowest BCUT2D eigenvalue weighted by molar-refractivity contribution is 0.0672. The van der Waals surface area contributed by atoms with Gasteiger partial charge >= 0.3 is 0 Å². The lowest BCUT2D eigenvalue weighted by Gasteiger charge is -2.33. The fourth-order valence-electron chi connectivity index (χ4n) is 3.69. The van der Waals surface area contributed by atoms with Gasteiger partial charge in [-0.2, -0.15) is 0 Å². The molecule has 1 atom stereocenters. The minimum absolute atomic E-state index is 0.158. The van der Waals surface area contributed by atoms with E-state index in [-0.39, 0.29) is 11.7 Å². The van der Waals surface area contributed by atoms with E-state index in [1.807, 2.05) is 6.92 Å². The number of rotatable bonds is 2. The van der Waals surface area contributed by atoms with Gasteiger partial charge in [-0.05, 0) is 25.1 Å². The van der Waals surface area contributed by atoms with Crippen LogP contribution in [0.2, 0.25) is 0 Å². The van der Waals surface area contributed by atoms with Crippen molar-refractivity contribution >= 4 is 28.2 Å². The van der Waals surface area contributed by atoms with Gasteiger partial charge in [-0.15, -0.1) is 11.3 Å². The quantitative estimate of drug-likeness (QED) is 0.571. The van der Waals surface area contributed by atoms with Crippen molar-refractivity contribution in [2.24, 2.45) is 0 Å². The zero-order chi connectivity index (χ0) is 18.5. The van der Waals surface area contributed by atoms with E-state index in [1.54, 1.807) is 28.9 Å². The Morgan fingerprint density at radius 2 is 2.30 bits per heavy atom. The Balaban J connectivity index is 1.69. The van der Waals surface area contributed by atoms with Gasteiger partial charge in [0.2, 0.25) is 0 Å². The van der Waals surface area contributed by atoms with E-state index in [2.05, 4.69) is 15.0 Å². The molecule has 5 rings (SSSR count). The van der Waals surface area contributed by atoms with Gasteiger partial charge in [0.05, 0.1) is 12.0 Å². The number of benzene rings is 1. The van der Waals surface area contributed by atoms with Crippen molar-refractivity contribution in [1.29, 1.82) is 0 Å². The van der Waals surface area contributed by atoms with Crippen molar-refractivity contribution in [3.63, 3.8) is 0 Å². The first-order chi connectivity index (χ1) is 13.1. The van der Waals surface area contributed by atoms with Crippen LogP contribution in [0.15, 0.2) is 40.5 Å². The minimum atomic E-state index is -0.480. The monoisotopic (exact) mass is 382 g/mol. The maximum Gasteiger partial charge on any atom is 0.283 e. The van der Waals surface area contributed by atoms with Gasteiger partial charge in [-0.25, -0.2) is 14.4 Å². The van der Waals surface area contributed by atoms with Gasteiger partial charge < -0.3 is 14.3 Å². The summed E-state index contributed by atoms with van der Waals surface area (Å²) in [4.78, 5) is 26.6. The Bertz CT molecular complexity index is 1150. The third-order valence-electron chi connectivity index (χ3n) is 4.98. The van der Waals surface area contributed by atoms with Crippen LogP contribution in [0.5, 0.6) is 0 Å². The number of carbonyl (C=O) groups is 1. The minimum Gasteiger partial charge on any atom is -0.458 e. The molecule has 4 aromatic rings. The number of fused-ring (bicyclic) bond motifs is 2. The number of halogens is 1. The molecule has 1 aromatic carbocycles. The highest BCUT2D eigenvalue weighted by atomic mass is 32.1. The Hall–Kier alpha value is -3.00. The number of aryl methyl sites for hydroxylation is 1. The molecule has 8 heteroatoms. The largest absolute Gasteiger partial charge is 0.458 e. The number of hydrogen-bond acceptors (Lipinski definition) is 5. The van der Waals surface area contributed by atoms with Crippen molar-refractivity contribution in [2.45, 2.75) is 19.4 Å². The normalized spacial score (nSPS) is 16.7. The van der Waals surface area contributed by atoms with Crippen LogP contribution in [0.1, 0.15) is 38.6 Å². The lowest BCUT2D eigenvalue weighted by atomic mass is 9.97. The summed E-state index contributed by atoms with van der Waals surface area (Å²) in [5.41, 5.74) is 3.14. The lowest BCUT2D eigenvalue weighted by Crippen LogP contribution is -2.40. The van der Waals surface area contributed by atoms with Crippen molar-refractivity contribution in [3.8, 4) is 0 Å². The SMILES string of the molecule is Cc1c([C@@H]2c3nc[nH]c3CCN2C(=O)c2nccs2)oc2ccc(F)cc12. The van der Waals surface area contributed by atoms with Gasteiger partial charge in [-0.3, -0.25) is 4.79 Å². The number of H-pyrrole nitrogens is 1. The highest BCUT2D eigenvalue weighted by Crippen LogP contribution is 2.39. The number of carbonyl (C=O) groups excluding carboxylic acids is 1. The molecule has 0 aliphatic carbocycles. The van der Waals surface area contributed by atoms with E-state index in [9.17, 15) is 9.18 Å². The van der Waals surface area contributed by atoms with Crippen LogP contribution >= 0.6 is 11.3 Å². The molecule has 0 bridgehead atoms. The molecule has 1 amide bonds. The topological polar surface area (TPSA) is 75.0 Å². The highest BCUT2D eigenvalue weighted by molar-refractivity contribution is 7.11. The molecule has 27 heavy (non-hydrogen) atoms. The zero-order valence-corrected chi connectivity index (χ0v) is 15.2. The van der Waals surface area contributed by atoms with Gasteiger partial charge in [-0.1, -0.05) is 0 Å². The van der Waals surface area contributed by atoms with E-state index < -0.39 is 6.04 Å². The van der Waals surface area contributed by atoms with Gasteiger partial charge in [0, 0.05) is 41.2 Å². The number of nitrogens with zero attached hydrogens (tertiary/aromatic N) is 3. The number of aromatic amines is 1. The summed E-state index contributed by atoms with van der Waals surface area (Å²) >= 11 is 1.31. The molecule has 1 aliphatic rings. The van der Waals surface area contributed by atoms with E-state index in [0.29, 0.717) is 34.7 Å². The Labute approximate surface area is 157 Å². The van der Waals surface area contributed by atoms with E-state index >= 15 is 0 Å². The number of aromatic nitrogens is 3. The maximum absolute atomic E-state index is 13.7. The number of imidazole rings is 1. The van der Waals surface area contributed by atoms with Crippen molar-refractivity contribution in [2.75, 3.05) is 6.54 Å². The van der Waals surface area contributed by atoms with Crippen LogP contribution in [0.4, 0.5) is 4.39 Å². The second kappa shape index (κ2) is 6.02. The fourth-order valence-corrected chi connectivity index (χ4v) is 4.28. The number of furan rings is 1. The van der Waals surface area contributed by atoms with Crippen molar-refractivity contribution in [1.82, 2.24) is 19.9 Å². The fraction of sp³-hybridized carbons (Fsp3) is 0.211. The van der Waals surface area contributed by atoms with E-state index in [4.69, 9.17) is 4.42 Å². The van der Waals surface area contributed by atoms with Crippen LogP contribution in [0.25, 0.3) is 11.0 Å². The molecule has 0 saturated heterocycles. The summed E-state index contributed by atoms with van der Waals surface area (Å²) in [6.45, 7) is 2.40. The maximum atomic E-state index is 13.7. The Morgan fingerprint density at radius 1 is 1.41 bits per heavy atom. The average Bonchev–Trinajstić information content (AvgIpc) is 3.41. The molecule has 4 heterocycles. The van der Waals surface area contributed by atoms with Crippen LogP contribution in [0.3, 0.4) is 0 Å². The average molecular weight is 382 g/mol. The molecule has 1 N–H and O–H groups in total. The molecule has 6 nitrogen and oxygen atoms in total. The van der Waals surface area contributed by atoms with E-state index in [0.717, 1.165) is 17.0 Å². The second-order valence-corrected chi connectivity index (χ2v) is 7.38. The van der Waals surface area contributed by atoms with Crippen LogP contribution in [0, 0.1) is 12.7 Å². The van der Waals surface area contributed by atoms with E-state index in [1.165, 1.54) is 23.5 Å². The first-order valence-corrected chi connectivity index (χ1v) is 9.42. The second-order valence-electron chi connectivity index (χ2n) is 6.49. The summed E-state index contributed by atoms with van der Waals surface area (Å²) in [5.74, 6) is 0.126. The Kier molecular flexibility index (Phi) is 3.61. The number of amides is 1. The molecule has 0 unspecified atom stereocenters. The third-order valence-corrected chi connectivity index (χ3v) is 5.75. The Morgan fingerprint density at radius 3 is 3.11 bits per heavy atom. The smallest absolute Gasteiger partial charge is 0.283 e. The first-order valence-electron chi connectivity index (χ1n) is 8.54. The molecular formula is C19H15FN4O2S. The van der Waals surface area contributed by atoms with Gasteiger partial charge in [0.15, 0.2) is 5.01 Å². The molecule has 0 radical (unpaired) electrons. The van der Waals surface area contributed by atoms with Crippen LogP contribution in [-0.4, -0.2) is 32.3 Å². The summed E-state index contributed by atoms with van der Waals surface area (Å²) in [6, 6.07) is 3.96. The summed E-state index contributed by atoms with van der Waals surface area (Å²) < 4.78 is 19.8. The summed E-state index contributed by atoms with van der Waals surface area (Å²) in [7, 11) is 0. The molecular weight excluding hydrogens is 367 g/mol. The number of nitrogens with one attached hydrogen (secondary N) is 1. The third kappa shape index (κ3) is 2.48. The summed E-state index contributed by atoms with van der Waals surface area (Å²) in [6.07, 6.45) is 3.93. The van der Waals surface area contributed by atoms with Crippen molar-refractivity contribution in [3.05, 3.63) is 69.6 Å². The zero-order valence-electron chi connectivity index (χ0n) is 14.4. The standard InChI is InChI=1S/C19H15FN4O2S/c1-10-12-8-11(20)2-3-14(12)26-17(10)16-15-13(22-9-23-15)4-6-24(16)19(25)18-21-5-7-27-18/h2-3,5,7-9,16H,4,6H2,1H3,(H,22,23)/t16-/m0/s1. The molecule has 0 fully saturated rings. The molecule has 136 valence electrons.